The minimum absolute atomic E-state index is 0.0214. The van der Waals surface area contributed by atoms with Gasteiger partial charge in [-0.1, -0.05) is 0 Å². The fraction of sp³-hybridized carbons (Fsp3) is 0.350. The lowest BCUT2D eigenvalue weighted by molar-refractivity contribution is -0.116. The van der Waals surface area contributed by atoms with Gasteiger partial charge >= 0.3 is 11.7 Å². The number of methoxy groups -OCH3 is 1. The molecule has 1 aliphatic heterocycles. The summed E-state index contributed by atoms with van der Waals surface area (Å²) in [6, 6.07) is 5.89. The minimum Gasteiger partial charge on any atom is -0.465 e. The molecular weight excluding hydrogens is 458 g/mol. The number of rotatable bonds is 7. The van der Waals surface area contributed by atoms with Crippen molar-refractivity contribution in [2.24, 2.45) is 0 Å². The molecule has 32 heavy (non-hydrogen) atoms. The maximum absolute atomic E-state index is 12.7. The number of hydrogen-bond donors (Lipinski definition) is 1. The summed E-state index contributed by atoms with van der Waals surface area (Å²) in [6.07, 6.45) is 1.59. The van der Waals surface area contributed by atoms with Crippen molar-refractivity contribution in [3.8, 4) is 0 Å². The first kappa shape index (κ1) is 22.2. The number of esters is 1. The van der Waals surface area contributed by atoms with E-state index < -0.39 is 27.7 Å². The molecule has 4 rings (SSSR count). The number of carbonyl (C=O) groups excluding carboxylic acids is 2. The highest BCUT2D eigenvalue weighted by Crippen LogP contribution is 2.25. The number of anilines is 1. The van der Waals surface area contributed by atoms with Crippen molar-refractivity contribution in [3.63, 3.8) is 0 Å². The Bertz CT molecular complexity index is 1330. The number of ether oxygens (including phenoxy) is 1. The van der Waals surface area contributed by atoms with Crippen LogP contribution in [0.25, 0.3) is 11.1 Å². The van der Waals surface area contributed by atoms with Crippen molar-refractivity contribution in [2.45, 2.75) is 30.7 Å². The van der Waals surface area contributed by atoms with E-state index in [1.807, 2.05) is 0 Å². The maximum Gasteiger partial charge on any atom is 0.419 e. The Morgan fingerprint density at radius 1 is 1.22 bits per heavy atom. The molecule has 3 aromatic rings. The van der Waals surface area contributed by atoms with Crippen LogP contribution in [0.4, 0.5) is 5.69 Å². The number of nitrogens with one attached hydrogen (secondary N) is 1. The Morgan fingerprint density at radius 2 is 1.97 bits per heavy atom. The average molecular weight is 480 g/mol. The summed E-state index contributed by atoms with van der Waals surface area (Å²) in [5.41, 5.74) is 0.878. The number of aromatic nitrogens is 1. The van der Waals surface area contributed by atoms with Gasteiger partial charge in [0.2, 0.25) is 15.9 Å². The van der Waals surface area contributed by atoms with E-state index in [0.29, 0.717) is 24.3 Å². The highest BCUT2D eigenvalue weighted by atomic mass is 32.2. The second-order valence-corrected chi connectivity index (χ2v) is 10.1. The number of fused-ring (bicyclic) bond motifs is 1. The Morgan fingerprint density at radius 3 is 2.69 bits per heavy atom. The summed E-state index contributed by atoms with van der Waals surface area (Å²) < 4.78 is 38.1. The minimum atomic E-state index is -3.64. The third-order valence-corrected chi connectivity index (χ3v) is 8.00. The molecule has 0 radical (unpaired) electrons. The molecule has 1 N–H and O–H groups in total. The fourth-order valence-electron chi connectivity index (χ4n) is 3.58. The third kappa shape index (κ3) is 4.20. The van der Waals surface area contributed by atoms with Gasteiger partial charge in [-0.05, 0) is 36.4 Å². The predicted molar refractivity (Wildman–Crippen MR) is 117 cm³/mol. The number of hydrogen-bond acceptors (Lipinski definition) is 8. The predicted octanol–water partition coefficient (Wildman–Crippen LogP) is 2.26. The van der Waals surface area contributed by atoms with E-state index in [2.05, 4.69) is 10.1 Å². The first-order chi connectivity index (χ1) is 15.3. The van der Waals surface area contributed by atoms with Gasteiger partial charge in [0.05, 0.1) is 23.2 Å². The summed E-state index contributed by atoms with van der Waals surface area (Å²) in [5, 5.41) is 4.29. The van der Waals surface area contributed by atoms with Gasteiger partial charge in [-0.25, -0.2) is 18.0 Å². The molecule has 1 fully saturated rings. The number of amides is 1. The van der Waals surface area contributed by atoms with Crippen LogP contribution in [0.15, 0.2) is 43.8 Å². The maximum atomic E-state index is 12.7. The normalized spacial score (nSPS) is 14.7. The fourth-order valence-corrected chi connectivity index (χ4v) is 5.88. The Hall–Kier alpha value is -2.96. The molecule has 10 nitrogen and oxygen atoms in total. The molecule has 0 aliphatic carbocycles. The Kier molecular flexibility index (Phi) is 6.17. The standard InChI is InChI=1S/C20H21N3O7S2/c1-29-19(25)18-14(7-11-31-18)21-17(24)6-10-23-15-5-4-13(12-16(15)30-20(23)26)32(27,28)22-8-2-3-9-22/h4-5,7,11-12H,2-3,6,8-10H2,1H3,(H,21,24). The molecule has 1 aliphatic rings. The van der Waals surface area contributed by atoms with Crippen LogP contribution in [0, 0.1) is 0 Å². The Labute approximate surface area is 187 Å². The molecule has 0 spiro atoms. The lowest BCUT2D eigenvalue weighted by atomic mass is 10.3. The lowest BCUT2D eigenvalue weighted by Crippen LogP contribution is -2.27. The molecule has 12 heteroatoms. The highest BCUT2D eigenvalue weighted by molar-refractivity contribution is 7.89. The summed E-state index contributed by atoms with van der Waals surface area (Å²) in [7, 11) is -2.38. The van der Waals surface area contributed by atoms with Crippen LogP contribution in [-0.4, -0.2) is 49.4 Å². The zero-order chi connectivity index (χ0) is 22.9. The van der Waals surface area contributed by atoms with Crippen LogP contribution in [0.2, 0.25) is 0 Å². The van der Waals surface area contributed by atoms with Crippen LogP contribution in [0.1, 0.15) is 28.9 Å². The molecule has 1 amide bonds. The lowest BCUT2D eigenvalue weighted by Gasteiger charge is -2.15. The van der Waals surface area contributed by atoms with Crippen molar-refractivity contribution in [2.75, 3.05) is 25.5 Å². The summed E-state index contributed by atoms with van der Waals surface area (Å²) >= 11 is 1.14. The van der Waals surface area contributed by atoms with Crippen molar-refractivity contribution in [1.29, 1.82) is 0 Å². The van der Waals surface area contributed by atoms with Crippen LogP contribution < -0.4 is 11.1 Å². The van der Waals surface area contributed by atoms with Gasteiger partial charge in [0.25, 0.3) is 0 Å². The Balaban J connectivity index is 1.50. The number of benzene rings is 1. The molecule has 0 unspecified atom stereocenters. The monoisotopic (exact) mass is 479 g/mol. The summed E-state index contributed by atoms with van der Waals surface area (Å²) in [5.74, 6) is -1.63. The summed E-state index contributed by atoms with van der Waals surface area (Å²) in [4.78, 5) is 36.7. The zero-order valence-corrected chi connectivity index (χ0v) is 18.8. The van der Waals surface area contributed by atoms with Crippen molar-refractivity contribution >= 4 is 50.0 Å². The molecule has 0 bridgehead atoms. The highest BCUT2D eigenvalue weighted by Gasteiger charge is 2.28. The first-order valence-electron chi connectivity index (χ1n) is 9.90. The van der Waals surface area contributed by atoms with Gasteiger partial charge in [0, 0.05) is 32.1 Å². The molecule has 1 aromatic carbocycles. The van der Waals surface area contributed by atoms with Gasteiger partial charge < -0.3 is 14.5 Å². The van der Waals surface area contributed by atoms with Gasteiger partial charge in [-0.15, -0.1) is 11.3 Å². The SMILES string of the molecule is COC(=O)c1sccc1NC(=O)CCn1c(=O)oc2cc(S(=O)(=O)N3CCCC3)ccc21. The number of nitrogens with zero attached hydrogens (tertiary/aromatic N) is 2. The molecule has 170 valence electrons. The number of carbonyl (C=O) groups is 2. The van der Waals surface area contributed by atoms with E-state index in [-0.39, 0.29) is 28.3 Å². The molecule has 1 saturated heterocycles. The molecule has 0 atom stereocenters. The topological polar surface area (TPSA) is 128 Å². The number of thiophene rings is 1. The van der Waals surface area contributed by atoms with E-state index >= 15 is 0 Å². The van der Waals surface area contributed by atoms with Crippen LogP contribution in [-0.2, 0) is 26.1 Å². The van der Waals surface area contributed by atoms with E-state index in [4.69, 9.17) is 4.42 Å². The van der Waals surface area contributed by atoms with E-state index in [1.54, 1.807) is 11.4 Å². The van der Waals surface area contributed by atoms with Crippen molar-refractivity contribution in [1.82, 2.24) is 8.87 Å². The molecule has 2 aromatic heterocycles. The second-order valence-electron chi connectivity index (χ2n) is 7.21. The number of oxazole rings is 1. The van der Waals surface area contributed by atoms with Gasteiger partial charge in [0.15, 0.2) is 5.58 Å². The van der Waals surface area contributed by atoms with E-state index in [9.17, 15) is 22.8 Å². The van der Waals surface area contributed by atoms with Crippen molar-refractivity contribution in [3.05, 3.63) is 45.1 Å². The molecule has 3 heterocycles. The average Bonchev–Trinajstić information content (AvgIpc) is 3.51. The first-order valence-corrected chi connectivity index (χ1v) is 12.2. The largest absolute Gasteiger partial charge is 0.465 e. The third-order valence-electron chi connectivity index (χ3n) is 5.22. The number of aryl methyl sites for hydroxylation is 1. The van der Waals surface area contributed by atoms with Gasteiger partial charge in [-0.2, -0.15) is 4.31 Å². The second kappa shape index (κ2) is 8.88. The molecular formula is C20H21N3O7S2. The van der Waals surface area contributed by atoms with Crippen molar-refractivity contribution < 1.29 is 27.2 Å². The summed E-state index contributed by atoms with van der Waals surface area (Å²) in [6.45, 7) is 0.970. The smallest absolute Gasteiger partial charge is 0.419 e. The van der Waals surface area contributed by atoms with Crippen LogP contribution in [0.3, 0.4) is 0 Å². The van der Waals surface area contributed by atoms with Gasteiger partial charge in [-0.3, -0.25) is 9.36 Å². The van der Waals surface area contributed by atoms with Crippen LogP contribution >= 0.6 is 11.3 Å². The number of sulfonamides is 1. The van der Waals surface area contributed by atoms with E-state index in [1.165, 1.54) is 34.2 Å². The van der Waals surface area contributed by atoms with Crippen LogP contribution in [0.5, 0.6) is 0 Å². The quantitative estimate of drug-likeness (QED) is 0.515. The molecule has 0 saturated carbocycles. The zero-order valence-electron chi connectivity index (χ0n) is 17.2. The van der Waals surface area contributed by atoms with E-state index in [0.717, 1.165) is 24.2 Å². The van der Waals surface area contributed by atoms with Gasteiger partial charge in [0.1, 0.15) is 4.88 Å².